The fraction of sp³-hybridized carbons (Fsp3) is 0.367. The molecular formula is C30H34FN3O3. The van der Waals surface area contributed by atoms with Gasteiger partial charge in [0.25, 0.3) is 5.91 Å². The average molecular weight is 504 g/mol. The number of aromatic nitrogens is 1. The first-order chi connectivity index (χ1) is 17.8. The van der Waals surface area contributed by atoms with Crippen molar-refractivity contribution >= 4 is 11.8 Å². The third kappa shape index (κ3) is 6.73. The molecule has 7 heteroatoms. The summed E-state index contributed by atoms with van der Waals surface area (Å²) < 4.78 is 19.7. The maximum atomic E-state index is 13.7. The summed E-state index contributed by atoms with van der Waals surface area (Å²) >= 11 is 0. The van der Waals surface area contributed by atoms with Crippen molar-refractivity contribution in [2.45, 2.75) is 52.2 Å². The van der Waals surface area contributed by atoms with Crippen LogP contribution in [0.15, 0.2) is 66.9 Å². The van der Waals surface area contributed by atoms with E-state index < -0.39 is 6.10 Å². The Kier molecular flexibility index (Phi) is 8.54. The molecule has 0 aliphatic carbocycles. The van der Waals surface area contributed by atoms with Gasteiger partial charge in [-0.05, 0) is 72.4 Å². The number of carbonyl (C=O) groups is 2. The Bertz CT molecular complexity index is 1210. The van der Waals surface area contributed by atoms with Crippen LogP contribution in [0.1, 0.15) is 55.6 Å². The minimum absolute atomic E-state index is 0.0712. The van der Waals surface area contributed by atoms with Gasteiger partial charge in [0.1, 0.15) is 11.6 Å². The molecule has 1 N–H and O–H groups in total. The van der Waals surface area contributed by atoms with Crippen LogP contribution in [0.4, 0.5) is 4.39 Å². The summed E-state index contributed by atoms with van der Waals surface area (Å²) in [5.41, 5.74) is 3.81. The van der Waals surface area contributed by atoms with Crippen LogP contribution in [0.3, 0.4) is 0 Å². The number of carbonyl (C=O) groups excluding carboxylic acids is 2. The summed E-state index contributed by atoms with van der Waals surface area (Å²) in [6.45, 7) is 6.82. The predicted octanol–water partition coefficient (Wildman–Crippen LogP) is 4.87. The Morgan fingerprint density at radius 2 is 1.89 bits per heavy atom. The van der Waals surface area contributed by atoms with Crippen LogP contribution in [-0.4, -0.2) is 40.9 Å². The number of ether oxygens (including phenoxy) is 1. The van der Waals surface area contributed by atoms with Gasteiger partial charge in [-0.1, -0.05) is 38.1 Å². The summed E-state index contributed by atoms with van der Waals surface area (Å²) in [4.78, 5) is 32.0. The van der Waals surface area contributed by atoms with E-state index in [0.29, 0.717) is 31.7 Å². The van der Waals surface area contributed by atoms with Gasteiger partial charge in [-0.25, -0.2) is 4.39 Å². The number of nitrogens with zero attached hydrogens (tertiary/aromatic N) is 2. The highest BCUT2D eigenvalue weighted by Gasteiger charge is 2.32. The van der Waals surface area contributed by atoms with Crippen LogP contribution in [-0.2, 0) is 22.4 Å². The molecule has 1 aromatic heterocycles. The van der Waals surface area contributed by atoms with Crippen molar-refractivity contribution in [2.24, 2.45) is 5.92 Å². The van der Waals surface area contributed by atoms with Gasteiger partial charge < -0.3 is 15.0 Å². The molecule has 2 aromatic carbocycles. The highest BCUT2D eigenvalue weighted by Crippen LogP contribution is 2.38. The number of halogens is 1. The Labute approximate surface area is 217 Å². The van der Waals surface area contributed by atoms with Crippen LogP contribution in [0.5, 0.6) is 5.75 Å². The van der Waals surface area contributed by atoms with Gasteiger partial charge in [0.05, 0.1) is 6.04 Å². The van der Waals surface area contributed by atoms with Gasteiger partial charge in [-0.2, -0.15) is 0 Å². The molecule has 2 atom stereocenters. The smallest absolute Gasteiger partial charge is 0.260 e. The first-order valence-electron chi connectivity index (χ1n) is 12.8. The van der Waals surface area contributed by atoms with Crippen molar-refractivity contribution in [3.8, 4) is 5.75 Å². The zero-order valence-corrected chi connectivity index (χ0v) is 21.6. The van der Waals surface area contributed by atoms with E-state index in [-0.39, 0.29) is 29.6 Å². The zero-order valence-electron chi connectivity index (χ0n) is 21.6. The average Bonchev–Trinajstić information content (AvgIpc) is 2.88. The topological polar surface area (TPSA) is 71.5 Å². The Morgan fingerprint density at radius 1 is 1.11 bits per heavy atom. The first kappa shape index (κ1) is 26.3. The molecule has 0 radical (unpaired) electrons. The van der Waals surface area contributed by atoms with Gasteiger partial charge in [0, 0.05) is 37.8 Å². The lowest BCUT2D eigenvalue weighted by atomic mass is 9.87. The highest BCUT2D eigenvalue weighted by atomic mass is 19.1. The normalized spacial score (nSPS) is 15.7. The SMILES string of the molecule is CC(C)CC(=O)N1CCc2ccc(O[C@H](C)C(=O)NCCc3ccccn3)cc2[C@@H]1c1ccc(F)cc1. The van der Waals surface area contributed by atoms with Crippen molar-refractivity contribution in [1.29, 1.82) is 0 Å². The van der Waals surface area contributed by atoms with Gasteiger partial charge in [-0.15, -0.1) is 0 Å². The Balaban J connectivity index is 1.51. The minimum atomic E-state index is -0.701. The molecule has 3 aromatic rings. The number of hydrogen-bond donors (Lipinski definition) is 1. The molecule has 2 amide bonds. The second-order valence-electron chi connectivity index (χ2n) is 9.87. The standard InChI is InChI=1S/C30H34FN3O3/c1-20(2)18-28(35)34-17-14-22-9-12-26(19-27(22)29(34)23-7-10-24(31)11-8-23)37-21(3)30(36)33-16-13-25-6-4-5-15-32-25/h4-12,15,19-21,29H,13-14,16-18H2,1-3H3,(H,33,36)/t21-,29+/m1/s1. The Hall–Kier alpha value is -3.74. The summed E-state index contributed by atoms with van der Waals surface area (Å²) in [6, 6.07) is 17.4. The van der Waals surface area contributed by atoms with E-state index in [1.165, 1.54) is 12.1 Å². The third-order valence-corrected chi connectivity index (χ3v) is 6.52. The zero-order chi connectivity index (χ0) is 26.4. The van der Waals surface area contributed by atoms with Crippen molar-refractivity contribution < 1.29 is 18.7 Å². The molecule has 0 bridgehead atoms. The quantitative estimate of drug-likeness (QED) is 0.452. The molecule has 0 fully saturated rings. The van der Waals surface area contributed by atoms with E-state index in [9.17, 15) is 14.0 Å². The molecule has 0 unspecified atom stereocenters. The number of amides is 2. The molecule has 0 spiro atoms. The number of nitrogens with one attached hydrogen (secondary N) is 1. The lowest BCUT2D eigenvalue weighted by Gasteiger charge is -2.38. The molecule has 0 saturated carbocycles. The summed E-state index contributed by atoms with van der Waals surface area (Å²) in [5, 5.41) is 2.90. The lowest BCUT2D eigenvalue weighted by Crippen LogP contribution is -2.41. The van der Waals surface area contributed by atoms with Crippen LogP contribution in [0, 0.1) is 11.7 Å². The lowest BCUT2D eigenvalue weighted by molar-refractivity contribution is -0.134. The summed E-state index contributed by atoms with van der Waals surface area (Å²) in [6.07, 6.45) is 2.83. The summed E-state index contributed by atoms with van der Waals surface area (Å²) in [7, 11) is 0. The van der Waals surface area contributed by atoms with E-state index in [0.717, 1.165) is 28.8 Å². The number of pyridine rings is 1. The van der Waals surface area contributed by atoms with Crippen molar-refractivity contribution in [2.75, 3.05) is 13.1 Å². The molecule has 1 aliphatic rings. The largest absolute Gasteiger partial charge is 0.481 e. The number of rotatable bonds is 9. The highest BCUT2D eigenvalue weighted by molar-refractivity contribution is 5.80. The van der Waals surface area contributed by atoms with E-state index in [4.69, 9.17) is 4.74 Å². The van der Waals surface area contributed by atoms with E-state index in [1.807, 2.05) is 55.1 Å². The van der Waals surface area contributed by atoms with E-state index in [1.54, 1.807) is 25.3 Å². The van der Waals surface area contributed by atoms with Crippen molar-refractivity contribution in [3.63, 3.8) is 0 Å². The number of hydrogen-bond acceptors (Lipinski definition) is 4. The van der Waals surface area contributed by atoms with Gasteiger partial charge in [0.2, 0.25) is 5.91 Å². The molecule has 6 nitrogen and oxygen atoms in total. The van der Waals surface area contributed by atoms with Crippen LogP contribution < -0.4 is 10.1 Å². The summed E-state index contributed by atoms with van der Waals surface area (Å²) in [5.74, 6) is 0.324. The molecule has 37 heavy (non-hydrogen) atoms. The van der Waals surface area contributed by atoms with Crippen LogP contribution >= 0.6 is 0 Å². The molecule has 2 heterocycles. The number of fused-ring (bicyclic) bond motifs is 1. The first-order valence-corrected chi connectivity index (χ1v) is 12.8. The molecule has 194 valence electrons. The van der Waals surface area contributed by atoms with Gasteiger partial charge in [-0.3, -0.25) is 14.6 Å². The minimum Gasteiger partial charge on any atom is -0.481 e. The fourth-order valence-electron chi connectivity index (χ4n) is 4.67. The fourth-order valence-corrected chi connectivity index (χ4v) is 4.67. The molecule has 4 rings (SSSR count). The van der Waals surface area contributed by atoms with Gasteiger partial charge in [0.15, 0.2) is 6.10 Å². The van der Waals surface area contributed by atoms with Crippen LogP contribution in [0.2, 0.25) is 0 Å². The van der Waals surface area contributed by atoms with Crippen molar-refractivity contribution in [3.05, 3.63) is 95.1 Å². The van der Waals surface area contributed by atoms with E-state index in [2.05, 4.69) is 10.3 Å². The Morgan fingerprint density at radius 3 is 2.59 bits per heavy atom. The number of benzene rings is 2. The second-order valence-corrected chi connectivity index (χ2v) is 9.87. The second kappa shape index (κ2) is 12.0. The molecule has 1 aliphatic heterocycles. The monoisotopic (exact) mass is 503 g/mol. The van der Waals surface area contributed by atoms with Gasteiger partial charge >= 0.3 is 0 Å². The molecule has 0 saturated heterocycles. The predicted molar refractivity (Wildman–Crippen MR) is 141 cm³/mol. The maximum absolute atomic E-state index is 13.7. The maximum Gasteiger partial charge on any atom is 0.260 e. The van der Waals surface area contributed by atoms with Crippen LogP contribution in [0.25, 0.3) is 0 Å². The van der Waals surface area contributed by atoms with Crippen molar-refractivity contribution in [1.82, 2.24) is 15.2 Å². The molecular weight excluding hydrogens is 469 g/mol. The third-order valence-electron chi connectivity index (χ3n) is 6.52. The van der Waals surface area contributed by atoms with E-state index >= 15 is 0 Å².